The van der Waals surface area contributed by atoms with Crippen molar-refractivity contribution in [3.8, 4) is 0 Å². The van der Waals surface area contributed by atoms with Crippen LogP contribution in [0.25, 0.3) is 0 Å². The molecule has 1 aliphatic carbocycles. The molecule has 76 valence electrons. The Morgan fingerprint density at radius 1 is 1.29 bits per heavy atom. The number of allylic oxidation sites excluding steroid dienone is 5. The summed E-state index contributed by atoms with van der Waals surface area (Å²) < 4.78 is 0. The Labute approximate surface area is 90.2 Å². The normalized spacial score (nSPS) is 19.1. The predicted octanol–water partition coefficient (Wildman–Crippen LogP) is 2.86. The molecule has 0 saturated carbocycles. The number of rotatable bonds is 1. The summed E-state index contributed by atoms with van der Waals surface area (Å²) in [6.07, 6.45) is 9.17. The van der Waals surface area contributed by atoms with Gasteiger partial charge in [0, 0.05) is 16.6 Å². The van der Waals surface area contributed by atoms with Gasteiger partial charge in [0.05, 0.1) is 5.54 Å². The minimum atomic E-state index is -0.308. The van der Waals surface area contributed by atoms with Crippen molar-refractivity contribution in [3.63, 3.8) is 0 Å². The van der Waals surface area contributed by atoms with Crippen LogP contribution >= 0.6 is 12.2 Å². The standard InChI is InChI=1S/C11H15NOS/c1-11(2,3)12(13)8-9-6-4-5-7-10(9)14/h4-8,13H,1-3H3. The van der Waals surface area contributed by atoms with Crippen LogP contribution in [0.2, 0.25) is 0 Å². The molecule has 14 heavy (non-hydrogen) atoms. The first-order valence-corrected chi connectivity index (χ1v) is 4.91. The molecule has 0 atom stereocenters. The third kappa shape index (κ3) is 2.79. The first kappa shape index (κ1) is 11.1. The quantitative estimate of drug-likeness (QED) is 0.408. The molecule has 3 heteroatoms. The van der Waals surface area contributed by atoms with E-state index in [2.05, 4.69) is 0 Å². The minimum absolute atomic E-state index is 0.308. The fraction of sp³-hybridized carbons (Fsp3) is 0.364. The van der Waals surface area contributed by atoms with Crippen LogP contribution < -0.4 is 0 Å². The maximum Gasteiger partial charge on any atom is 0.0580 e. The Hall–Kier alpha value is -0.930. The van der Waals surface area contributed by atoms with Crippen LogP contribution in [0.3, 0.4) is 0 Å². The second-order valence-corrected chi connectivity index (χ2v) is 4.62. The first-order chi connectivity index (χ1) is 6.41. The van der Waals surface area contributed by atoms with Gasteiger partial charge in [-0.15, -0.1) is 0 Å². The molecule has 0 aromatic heterocycles. The van der Waals surface area contributed by atoms with Crippen molar-refractivity contribution in [2.45, 2.75) is 26.3 Å². The molecule has 0 heterocycles. The van der Waals surface area contributed by atoms with Gasteiger partial charge in [0.1, 0.15) is 0 Å². The Balaban J connectivity index is 2.84. The smallest absolute Gasteiger partial charge is 0.0580 e. The summed E-state index contributed by atoms with van der Waals surface area (Å²) in [4.78, 5) is 0.746. The minimum Gasteiger partial charge on any atom is -0.288 e. The van der Waals surface area contributed by atoms with Gasteiger partial charge in [0.15, 0.2) is 0 Å². The molecule has 1 N–H and O–H groups in total. The molecule has 0 aromatic carbocycles. The number of hydroxylamine groups is 2. The third-order valence-electron chi connectivity index (χ3n) is 1.87. The highest BCUT2D eigenvalue weighted by Crippen LogP contribution is 2.15. The molecule has 0 saturated heterocycles. The van der Waals surface area contributed by atoms with Crippen molar-refractivity contribution >= 4 is 17.1 Å². The Bertz CT molecular complexity index is 321. The van der Waals surface area contributed by atoms with E-state index in [9.17, 15) is 5.21 Å². The maximum absolute atomic E-state index is 9.70. The fourth-order valence-electron chi connectivity index (χ4n) is 0.913. The maximum atomic E-state index is 9.70. The van der Waals surface area contributed by atoms with Crippen LogP contribution in [0.15, 0.2) is 36.1 Å². The van der Waals surface area contributed by atoms with E-state index >= 15 is 0 Å². The summed E-state index contributed by atoms with van der Waals surface area (Å²) in [6.45, 7) is 5.78. The SMILES string of the molecule is CC(C)(C)N(O)C=C1C=CC=CC1=S. The lowest BCUT2D eigenvalue weighted by molar-refractivity contribution is -0.110. The van der Waals surface area contributed by atoms with Gasteiger partial charge in [0.25, 0.3) is 0 Å². The average Bonchev–Trinajstić information content (AvgIpc) is 2.07. The van der Waals surface area contributed by atoms with E-state index in [0.717, 1.165) is 10.4 Å². The molecule has 0 bridgehead atoms. The van der Waals surface area contributed by atoms with Gasteiger partial charge in [0.2, 0.25) is 0 Å². The van der Waals surface area contributed by atoms with Crippen LogP contribution in [0.4, 0.5) is 0 Å². The summed E-state index contributed by atoms with van der Waals surface area (Å²) in [5.41, 5.74) is 0.553. The van der Waals surface area contributed by atoms with Crippen molar-refractivity contribution in [1.29, 1.82) is 0 Å². The summed E-state index contributed by atoms with van der Waals surface area (Å²) in [5.74, 6) is 0. The first-order valence-electron chi connectivity index (χ1n) is 4.50. The largest absolute Gasteiger partial charge is 0.288 e. The van der Waals surface area contributed by atoms with Crippen molar-refractivity contribution in [2.75, 3.05) is 0 Å². The molecule has 0 aromatic rings. The zero-order valence-electron chi connectivity index (χ0n) is 8.69. The number of nitrogens with zero attached hydrogens (tertiary/aromatic N) is 1. The lowest BCUT2D eigenvalue weighted by Crippen LogP contribution is -2.34. The molecular weight excluding hydrogens is 194 g/mol. The lowest BCUT2D eigenvalue weighted by Gasteiger charge is -2.28. The Kier molecular flexibility index (Phi) is 3.24. The van der Waals surface area contributed by atoms with Crippen LogP contribution in [-0.4, -0.2) is 20.7 Å². The van der Waals surface area contributed by atoms with E-state index in [1.807, 2.05) is 45.1 Å². The van der Waals surface area contributed by atoms with Crippen LogP contribution in [0.5, 0.6) is 0 Å². The lowest BCUT2D eigenvalue weighted by atomic mass is 10.1. The molecule has 0 aliphatic heterocycles. The van der Waals surface area contributed by atoms with Crippen molar-refractivity contribution in [3.05, 3.63) is 36.1 Å². The Morgan fingerprint density at radius 2 is 1.86 bits per heavy atom. The van der Waals surface area contributed by atoms with Crippen LogP contribution in [0, 0.1) is 0 Å². The Morgan fingerprint density at radius 3 is 2.36 bits per heavy atom. The zero-order valence-corrected chi connectivity index (χ0v) is 9.51. The van der Waals surface area contributed by atoms with Gasteiger partial charge in [-0.3, -0.25) is 10.3 Å². The van der Waals surface area contributed by atoms with Crippen molar-refractivity contribution in [2.24, 2.45) is 0 Å². The monoisotopic (exact) mass is 209 g/mol. The number of hydrogen-bond acceptors (Lipinski definition) is 3. The highest BCUT2D eigenvalue weighted by atomic mass is 32.1. The highest BCUT2D eigenvalue weighted by molar-refractivity contribution is 7.81. The van der Waals surface area contributed by atoms with Gasteiger partial charge in [-0.25, -0.2) is 0 Å². The number of hydrogen-bond donors (Lipinski definition) is 1. The summed E-state index contributed by atoms with van der Waals surface area (Å²) in [7, 11) is 0. The van der Waals surface area contributed by atoms with E-state index in [1.54, 1.807) is 6.20 Å². The molecule has 0 radical (unpaired) electrons. The van der Waals surface area contributed by atoms with Gasteiger partial charge in [-0.05, 0) is 26.8 Å². The summed E-state index contributed by atoms with van der Waals surface area (Å²) in [5, 5.41) is 10.9. The third-order valence-corrected chi connectivity index (χ3v) is 2.24. The fourth-order valence-corrected chi connectivity index (χ4v) is 1.11. The molecule has 2 nitrogen and oxygen atoms in total. The second-order valence-electron chi connectivity index (χ2n) is 4.18. The van der Waals surface area contributed by atoms with E-state index in [4.69, 9.17) is 12.2 Å². The van der Waals surface area contributed by atoms with E-state index < -0.39 is 0 Å². The second kappa shape index (κ2) is 4.07. The van der Waals surface area contributed by atoms with Gasteiger partial charge < -0.3 is 0 Å². The molecule has 0 fully saturated rings. The molecular formula is C11H15NOS. The molecule has 0 unspecified atom stereocenters. The van der Waals surface area contributed by atoms with Crippen molar-refractivity contribution in [1.82, 2.24) is 5.06 Å². The van der Waals surface area contributed by atoms with E-state index in [1.165, 1.54) is 5.06 Å². The van der Waals surface area contributed by atoms with Gasteiger partial charge in [-0.2, -0.15) is 0 Å². The molecule has 1 rings (SSSR count). The van der Waals surface area contributed by atoms with Gasteiger partial charge in [-0.1, -0.05) is 30.4 Å². The van der Waals surface area contributed by atoms with Crippen LogP contribution in [-0.2, 0) is 0 Å². The summed E-state index contributed by atoms with van der Waals surface area (Å²) >= 11 is 5.12. The molecule has 0 spiro atoms. The predicted molar refractivity (Wildman–Crippen MR) is 62.3 cm³/mol. The molecule has 0 amide bonds. The van der Waals surface area contributed by atoms with E-state index in [-0.39, 0.29) is 5.54 Å². The van der Waals surface area contributed by atoms with Crippen molar-refractivity contribution < 1.29 is 5.21 Å². The topological polar surface area (TPSA) is 23.5 Å². The highest BCUT2D eigenvalue weighted by Gasteiger charge is 2.17. The van der Waals surface area contributed by atoms with Crippen LogP contribution in [0.1, 0.15) is 20.8 Å². The molecule has 1 aliphatic rings. The zero-order chi connectivity index (χ0) is 10.8. The number of thiocarbonyl (C=S) groups is 1. The summed E-state index contributed by atoms with van der Waals surface area (Å²) in [6, 6.07) is 0. The van der Waals surface area contributed by atoms with E-state index in [0.29, 0.717) is 0 Å². The average molecular weight is 209 g/mol. The van der Waals surface area contributed by atoms with Gasteiger partial charge >= 0.3 is 0 Å².